The standard InChI is InChI=1S/C18H19N3O4/c1-9-3-15-13(6-12(9)18(23)24)16-14(17(22)20-15)7-19-21(16)8-10-4-11(5-10)25-2/h3,6-7,10-11H,4-5,8H2,1-2H3,(H,20,22)(H,23,24). The lowest BCUT2D eigenvalue weighted by Crippen LogP contribution is -2.33. The van der Waals surface area contributed by atoms with Crippen LogP contribution in [0.15, 0.2) is 23.1 Å². The van der Waals surface area contributed by atoms with Crippen LogP contribution in [0.1, 0.15) is 28.8 Å². The largest absolute Gasteiger partial charge is 0.478 e. The zero-order valence-corrected chi connectivity index (χ0v) is 14.1. The first-order valence-corrected chi connectivity index (χ1v) is 8.26. The van der Waals surface area contributed by atoms with Crippen LogP contribution in [0.25, 0.3) is 21.8 Å². The molecule has 130 valence electrons. The molecule has 1 saturated carbocycles. The third kappa shape index (κ3) is 2.51. The Bertz CT molecular complexity index is 1040. The number of fused-ring (bicyclic) bond motifs is 3. The van der Waals surface area contributed by atoms with Gasteiger partial charge in [-0.15, -0.1) is 0 Å². The van der Waals surface area contributed by atoms with E-state index in [0.29, 0.717) is 45.9 Å². The maximum atomic E-state index is 12.4. The number of carboxylic acid groups (broad SMARTS) is 1. The molecule has 0 saturated heterocycles. The summed E-state index contributed by atoms with van der Waals surface area (Å²) in [5, 5.41) is 15.0. The van der Waals surface area contributed by atoms with Crippen LogP contribution in [0.3, 0.4) is 0 Å². The van der Waals surface area contributed by atoms with Crippen molar-refractivity contribution in [3.63, 3.8) is 0 Å². The molecule has 0 radical (unpaired) electrons. The number of carbonyl (C=O) groups is 1. The number of nitrogens with zero attached hydrogens (tertiary/aromatic N) is 2. The normalized spacial score (nSPS) is 20.1. The van der Waals surface area contributed by atoms with Gasteiger partial charge in [0.15, 0.2) is 0 Å². The van der Waals surface area contributed by atoms with Crippen molar-refractivity contribution in [2.75, 3.05) is 7.11 Å². The zero-order chi connectivity index (χ0) is 17.7. The number of aryl methyl sites for hydroxylation is 1. The van der Waals surface area contributed by atoms with E-state index in [-0.39, 0.29) is 11.1 Å². The van der Waals surface area contributed by atoms with Gasteiger partial charge in [0.2, 0.25) is 0 Å². The van der Waals surface area contributed by atoms with Gasteiger partial charge in [0, 0.05) is 19.0 Å². The van der Waals surface area contributed by atoms with Gasteiger partial charge in [-0.05, 0) is 43.4 Å². The average Bonchev–Trinajstić information content (AvgIpc) is 2.94. The SMILES string of the molecule is COC1CC(Cn2ncc3c(=O)[nH]c4cc(C)c(C(=O)O)cc4c32)C1. The number of aromatic carboxylic acids is 1. The molecule has 0 spiro atoms. The third-order valence-corrected chi connectivity index (χ3v) is 5.14. The first-order chi connectivity index (χ1) is 12.0. The lowest BCUT2D eigenvalue weighted by molar-refractivity contribution is -0.00504. The van der Waals surface area contributed by atoms with E-state index >= 15 is 0 Å². The minimum absolute atomic E-state index is 0.209. The summed E-state index contributed by atoms with van der Waals surface area (Å²) in [6.45, 7) is 2.42. The molecule has 2 heterocycles. The quantitative estimate of drug-likeness (QED) is 0.759. The number of aromatic nitrogens is 3. The molecule has 1 aliphatic carbocycles. The lowest BCUT2D eigenvalue weighted by Gasteiger charge is -2.34. The smallest absolute Gasteiger partial charge is 0.335 e. The minimum atomic E-state index is -0.980. The van der Waals surface area contributed by atoms with Crippen molar-refractivity contribution >= 4 is 27.8 Å². The number of aromatic amines is 1. The van der Waals surface area contributed by atoms with Crippen LogP contribution < -0.4 is 5.56 Å². The summed E-state index contributed by atoms with van der Waals surface area (Å²) >= 11 is 0. The van der Waals surface area contributed by atoms with Crippen LogP contribution >= 0.6 is 0 Å². The highest BCUT2D eigenvalue weighted by atomic mass is 16.5. The molecular weight excluding hydrogens is 322 g/mol. The van der Waals surface area contributed by atoms with Crippen LogP contribution in [0.4, 0.5) is 0 Å². The molecule has 1 aromatic carbocycles. The molecule has 4 rings (SSSR count). The van der Waals surface area contributed by atoms with E-state index in [1.165, 1.54) is 0 Å². The number of carboxylic acids is 1. The number of pyridine rings is 1. The Morgan fingerprint density at radius 2 is 2.16 bits per heavy atom. The van der Waals surface area contributed by atoms with Crippen molar-refractivity contribution in [1.29, 1.82) is 0 Å². The van der Waals surface area contributed by atoms with Gasteiger partial charge < -0.3 is 14.8 Å². The van der Waals surface area contributed by atoms with Crippen molar-refractivity contribution < 1.29 is 14.6 Å². The Kier molecular flexibility index (Phi) is 3.61. The summed E-state index contributed by atoms with van der Waals surface area (Å²) in [4.78, 5) is 26.7. The monoisotopic (exact) mass is 341 g/mol. The number of ether oxygens (including phenoxy) is 1. The third-order valence-electron chi connectivity index (χ3n) is 5.14. The van der Waals surface area contributed by atoms with Gasteiger partial charge in [-0.1, -0.05) is 0 Å². The maximum absolute atomic E-state index is 12.4. The summed E-state index contributed by atoms with van der Waals surface area (Å²) in [6, 6.07) is 3.34. The fourth-order valence-corrected chi connectivity index (χ4v) is 3.66. The van der Waals surface area contributed by atoms with Gasteiger partial charge in [-0.3, -0.25) is 9.48 Å². The maximum Gasteiger partial charge on any atom is 0.335 e. The summed E-state index contributed by atoms with van der Waals surface area (Å²) in [7, 11) is 1.72. The molecule has 1 fully saturated rings. The second kappa shape index (κ2) is 5.70. The first-order valence-electron chi connectivity index (χ1n) is 8.26. The molecule has 0 amide bonds. The molecule has 25 heavy (non-hydrogen) atoms. The van der Waals surface area contributed by atoms with E-state index < -0.39 is 5.97 Å². The summed E-state index contributed by atoms with van der Waals surface area (Å²) < 4.78 is 7.14. The van der Waals surface area contributed by atoms with Crippen LogP contribution in [0.5, 0.6) is 0 Å². The van der Waals surface area contributed by atoms with Gasteiger partial charge >= 0.3 is 5.97 Å². The second-order valence-electron chi connectivity index (χ2n) is 6.76. The van der Waals surface area contributed by atoms with Crippen LogP contribution in [0, 0.1) is 12.8 Å². The molecule has 0 atom stereocenters. The number of methoxy groups -OCH3 is 1. The number of hydrogen-bond acceptors (Lipinski definition) is 4. The summed E-state index contributed by atoms with van der Waals surface area (Å²) in [6.07, 6.45) is 3.80. The molecule has 7 nitrogen and oxygen atoms in total. The van der Waals surface area contributed by atoms with E-state index in [1.54, 1.807) is 32.4 Å². The van der Waals surface area contributed by atoms with E-state index in [0.717, 1.165) is 12.8 Å². The highest BCUT2D eigenvalue weighted by Gasteiger charge is 2.30. The van der Waals surface area contributed by atoms with Gasteiger partial charge in [0.05, 0.1) is 34.3 Å². The van der Waals surface area contributed by atoms with E-state index in [1.807, 2.05) is 4.68 Å². The Hall–Kier alpha value is -2.67. The highest BCUT2D eigenvalue weighted by Crippen LogP contribution is 2.32. The Labute approximate surface area is 143 Å². The number of H-pyrrole nitrogens is 1. The van der Waals surface area contributed by atoms with Crippen molar-refractivity contribution in [2.45, 2.75) is 32.4 Å². The first kappa shape index (κ1) is 15.8. The Morgan fingerprint density at radius 3 is 2.84 bits per heavy atom. The lowest BCUT2D eigenvalue weighted by atomic mass is 9.82. The second-order valence-corrected chi connectivity index (χ2v) is 6.76. The van der Waals surface area contributed by atoms with Crippen molar-refractivity contribution in [3.05, 3.63) is 39.8 Å². The summed E-state index contributed by atoms with van der Waals surface area (Å²) in [5.41, 5.74) is 1.96. The predicted molar refractivity (Wildman–Crippen MR) is 93.1 cm³/mol. The summed E-state index contributed by atoms with van der Waals surface area (Å²) in [5.74, 6) is -0.529. The van der Waals surface area contributed by atoms with Gasteiger partial charge in [-0.25, -0.2) is 4.79 Å². The van der Waals surface area contributed by atoms with Crippen molar-refractivity contribution in [1.82, 2.24) is 14.8 Å². The topological polar surface area (TPSA) is 97.2 Å². The number of rotatable bonds is 4. The minimum Gasteiger partial charge on any atom is -0.478 e. The fraction of sp³-hybridized carbons (Fsp3) is 0.389. The van der Waals surface area contributed by atoms with Gasteiger partial charge in [0.1, 0.15) is 0 Å². The molecule has 7 heteroatoms. The molecule has 0 unspecified atom stereocenters. The fourth-order valence-electron chi connectivity index (χ4n) is 3.66. The molecule has 1 aliphatic rings. The van der Waals surface area contributed by atoms with Gasteiger partial charge in [0.25, 0.3) is 5.56 Å². The Balaban J connectivity index is 1.88. The van der Waals surface area contributed by atoms with Gasteiger partial charge in [-0.2, -0.15) is 5.10 Å². The van der Waals surface area contributed by atoms with Crippen LogP contribution in [-0.4, -0.2) is 39.1 Å². The zero-order valence-electron chi connectivity index (χ0n) is 14.1. The molecule has 0 bridgehead atoms. The number of hydrogen-bond donors (Lipinski definition) is 2. The highest BCUT2D eigenvalue weighted by molar-refractivity contribution is 6.06. The molecule has 2 N–H and O–H groups in total. The van der Waals surface area contributed by atoms with Crippen molar-refractivity contribution in [3.8, 4) is 0 Å². The molecular formula is C18H19N3O4. The average molecular weight is 341 g/mol. The molecule has 2 aromatic heterocycles. The van der Waals surface area contributed by atoms with E-state index in [2.05, 4.69) is 10.1 Å². The van der Waals surface area contributed by atoms with E-state index in [9.17, 15) is 14.7 Å². The predicted octanol–water partition coefficient (Wildman–Crippen LogP) is 2.31. The number of benzene rings is 1. The van der Waals surface area contributed by atoms with E-state index in [4.69, 9.17) is 4.74 Å². The molecule has 0 aliphatic heterocycles. The van der Waals surface area contributed by atoms with Crippen molar-refractivity contribution in [2.24, 2.45) is 5.92 Å². The van der Waals surface area contributed by atoms with Crippen LogP contribution in [0.2, 0.25) is 0 Å². The van der Waals surface area contributed by atoms with Crippen LogP contribution in [-0.2, 0) is 11.3 Å². The Morgan fingerprint density at radius 1 is 1.40 bits per heavy atom. The molecule has 3 aromatic rings. The number of nitrogens with one attached hydrogen (secondary N) is 1.